The average Bonchev–Trinajstić information content (AvgIpc) is 2.82. The van der Waals surface area contributed by atoms with E-state index in [0.29, 0.717) is 33.7 Å². The van der Waals surface area contributed by atoms with Crippen LogP contribution in [0.25, 0.3) is 6.08 Å². The highest BCUT2D eigenvalue weighted by molar-refractivity contribution is 9.10. The summed E-state index contributed by atoms with van der Waals surface area (Å²) in [5.74, 6) is 0.590. The molecule has 0 bridgehead atoms. The van der Waals surface area contributed by atoms with Gasteiger partial charge in [-0.15, -0.1) is 0 Å². The third-order valence-corrected chi connectivity index (χ3v) is 4.96. The van der Waals surface area contributed by atoms with Crippen LogP contribution in [-0.2, 0) is 11.4 Å². The topological polar surface area (TPSA) is 103 Å². The molecule has 0 saturated heterocycles. The number of benzene rings is 3. The Hall–Kier alpha value is -3.98. The number of carbonyl (C=O) groups excluding carboxylic acids is 1. The van der Waals surface area contributed by atoms with Gasteiger partial charge in [0.15, 0.2) is 11.5 Å². The van der Waals surface area contributed by atoms with E-state index in [1.54, 1.807) is 31.4 Å². The van der Waals surface area contributed by atoms with Gasteiger partial charge >= 0.3 is 0 Å². The molecule has 168 valence electrons. The highest BCUT2D eigenvalue weighted by Crippen LogP contribution is 2.36. The van der Waals surface area contributed by atoms with Crippen molar-refractivity contribution in [2.75, 3.05) is 7.11 Å². The van der Waals surface area contributed by atoms with Crippen LogP contribution in [0.5, 0.6) is 11.5 Å². The maximum Gasteiger partial charge on any atom is 0.270 e. The van der Waals surface area contributed by atoms with Crippen molar-refractivity contribution in [2.24, 2.45) is 5.10 Å². The van der Waals surface area contributed by atoms with Crippen molar-refractivity contribution < 1.29 is 19.2 Å². The Morgan fingerprint density at radius 3 is 2.64 bits per heavy atom. The van der Waals surface area contributed by atoms with Crippen LogP contribution in [0, 0.1) is 10.1 Å². The van der Waals surface area contributed by atoms with Gasteiger partial charge < -0.3 is 9.47 Å². The second kappa shape index (κ2) is 11.6. The number of hydrogen-bond acceptors (Lipinski definition) is 6. The van der Waals surface area contributed by atoms with Crippen LogP contribution < -0.4 is 14.9 Å². The van der Waals surface area contributed by atoms with Gasteiger partial charge in [-0.05, 0) is 50.8 Å². The number of non-ortho nitro benzene ring substituents is 1. The number of rotatable bonds is 9. The van der Waals surface area contributed by atoms with E-state index in [0.717, 1.165) is 5.56 Å². The van der Waals surface area contributed by atoms with Gasteiger partial charge in [0.2, 0.25) is 0 Å². The van der Waals surface area contributed by atoms with Gasteiger partial charge in [-0.2, -0.15) is 5.10 Å². The predicted octanol–water partition coefficient (Wildman–Crippen LogP) is 5.11. The summed E-state index contributed by atoms with van der Waals surface area (Å²) in [4.78, 5) is 22.3. The van der Waals surface area contributed by atoms with Gasteiger partial charge in [0.25, 0.3) is 11.6 Å². The molecule has 0 aliphatic heterocycles. The summed E-state index contributed by atoms with van der Waals surface area (Å²) in [6, 6.07) is 19.3. The third-order valence-electron chi connectivity index (χ3n) is 4.37. The molecule has 9 heteroatoms. The van der Waals surface area contributed by atoms with E-state index in [9.17, 15) is 14.9 Å². The molecule has 0 radical (unpaired) electrons. The van der Waals surface area contributed by atoms with Crippen LogP contribution in [0.2, 0.25) is 0 Å². The molecule has 8 nitrogen and oxygen atoms in total. The van der Waals surface area contributed by atoms with E-state index in [-0.39, 0.29) is 5.69 Å². The number of nitro groups is 1. The molecule has 0 spiro atoms. The van der Waals surface area contributed by atoms with Crippen molar-refractivity contribution in [1.29, 1.82) is 0 Å². The average molecular weight is 510 g/mol. The van der Waals surface area contributed by atoms with E-state index >= 15 is 0 Å². The lowest BCUT2D eigenvalue weighted by molar-refractivity contribution is -0.384. The fourth-order valence-electron chi connectivity index (χ4n) is 2.81. The van der Waals surface area contributed by atoms with Crippen LogP contribution in [0.1, 0.15) is 16.7 Å². The first kappa shape index (κ1) is 23.7. The summed E-state index contributed by atoms with van der Waals surface area (Å²) in [5, 5.41) is 14.8. The minimum absolute atomic E-state index is 0.0497. The van der Waals surface area contributed by atoms with Crippen molar-refractivity contribution in [3.63, 3.8) is 0 Å². The molecule has 1 N–H and O–H groups in total. The number of methoxy groups -OCH3 is 1. The van der Waals surface area contributed by atoms with Crippen molar-refractivity contribution in [3.05, 3.63) is 104 Å². The van der Waals surface area contributed by atoms with Crippen LogP contribution >= 0.6 is 15.9 Å². The number of ether oxygens (including phenoxy) is 2. The molecule has 0 aromatic heterocycles. The molecule has 33 heavy (non-hydrogen) atoms. The molecule has 0 aliphatic carbocycles. The number of halogens is 1. The van der Waals surface area contributed by atoms with Crippen LogP contribution in [0.3, 0.4) is 0 Å². The standard InChI is InChI=1S/C24H20BrN3O5/c1-32-22-14-19(13-21(25)24(22)33-16-18-6-3-2-4-7-18)15-26-27-23(29)11-10-17-8-5-9-20(12-17)28(30)31/h2-15H,16H2,1H3,(H,27,29)/b11-10+,26-15-. The quantitative estimate of drug-likeness (QED) is 0.187. The Labute approximate surface area is 198 Å². The van der Waals surface area contributed by atoms with E-state index in [1.807, 2.05) is 30.3 Å². The molecule has 0 unspecified atom stereocenters. The van der Waals surface area contributed by atoms with E-state index in [1.165, 1.54) is 30.5 Å². The first-order chi connectivity index (χ1) is 16.0. The zero-order valence-corrected chi connectivity index (χ0v) is 19.2. The molecule has 0 saturated carbocycles. The van der Waals surface area contributed by atoms with Gasteiger partial charge in [-0.3, -0.25) is 14.9 Å². The Balaban J connectivity index is 1.62. The lowest BCUT2D eigenvalue weighted by Crippen LogP contribution is -2.14. The first-order valence-corrected chi connectivity index (χ1v) is 10.6. The summed E-state index contributed by atoms with van der Waals surface area (Å²) >= 11 is 3.49. The summed E-state index contributed by atoms with van der Waals surface area (Å²) in [6.07, 6.45) is 4.18. The normalized spacial score (nSPS) is 11.0. The predicted molar refractivity (Wildman–Crippen MR) is 129 cm³/mol. The van der Waals surface area contributed by atoms with Gasteiger partial charge in [0.1, 0.15) is 6.61 Å². The lowest BCUT2D eigenvalue weighted by Gasteiger charge is -2.13. The molecular weight excluding hydrogens is 490 g/mol. The van der Waals surface area contributed by atoms with Crippen molar-refractivity contribution in [1.82, 2.24) is 5.43 Å². The fraction of sp³-hybridized carbons (Fsp3) is 0.0833. The van der Waals surface area contributed by atoms with Gasteiger partial charge in [-0.1, -0.05) is 42.5 Å². The summed E-state index contributed by atoms with van der Waals surface area (Å²) in [7, 11) is 1.54. The Bertz CT molecular complexity index is 1200. The van der Waals surface area contributed by atoms with Crippen molar-refractivity contribution in [3.8, 4) is 11.5 Å². The monoisotopic (exact) mass is 509 g/mol. The molecule has 0 aliphatic rings. The molecule has 0 fully saturated rings. The maximum absolute atomic E-state index is 12.0. The molecule has 3 aromatic carbocycles. The largest absolute Gasteiger partial charge is 0.493 e. The number of hydrazone groups is 1. The molecule has 1 amide bonds. The number of nitrogens with zero attached hydrogens (tertiary/aromatic N) is 2. The molecule has 3 rings (SSSR count). The highest BCUT2D eigenvalue weighted by atomic mass is 79.9. The zero-order valence-electron chi connectivity index (χ0n) is 17.6. The van der Waals surface area contributed by atoms with Gasteiger partial charge in [0, 0.05) is 18.2 Å². The maximum atomic E-state index is 12.0. The summed E-state index contributed by atoms with van der Waals surface area (Å²) in [6.45, 7) is 0.385. The van der Waals surface area contributed by atoms with E-state index in [4.69, 9.17) is 9.47 Å². The smallest absolute Gasteiger partial charge is 0.270 e. The second-order valence-electron chi connectivity index (χ2n) is 6.73. The Morgan fingerprint density at radius 1 is 1.12 bits per heavy atom. The van der Waals surface area contributed by atoms with E-state index < -0.39 is 10.8 Å². The van der Waals surface area contributed by atoms with Crippen molar-refractivity contribution in [2.45, 2.75) is 6.61 Å². The second-order valence-corrected chi connectivity index (χ2v) is 7.58. The molecular formula is C24H20BrN3O5. The Kier molecular flexibility index (Phi) is 8.31. The Morgan fingerprint density at radius 2 is 1.91 bits per heavy atom. The minimum atomic E-state index is -0.494. The van der Waals surface area contributed by atoms with Crippen LogP contribution in [0.4, 0.5) is 5.69 Å². The molecule has 3 aromatic rings. The fourth-order valence-corrected chi connectivity index (χ4v) is 3.38. The zero-order chi connectivity index (χ0) is 23.6. The number of hydrogen-bond donors (Lipinski definition) is 1. The summed E-state index contributed by atoms with van der Waals surface area (Å²) < 4.78 is 12.0. The van der Waals surface area contributed by atoms with Crippen LogP contribution in [-0.4, -0.2) is 24.2 Å². The molecule has 0 heterocycles. The third kappa shape index (κ3) is 7.01. The first-order valence-electron chi connectivity index (χ1n) is 9.76. The van der Waals surface area contributed by atoms with Gasteiger partial charge in [0.05, 0.1) is 22.7 Å². The lowest BCUT2D eigenvalue weighted by atomic mass is 10.2. The van der Waals surface area contributed by atoms with E-state index in [2.05, 4.69) is 26.5 Å². The number of carbonyl (C=O) groups is 1. The number of nitro benzene ring substituents is 1. The SMILES string of the molecule is COc1cc(/C=N\NC(=O)/C=C/c2cccc([N+](=O)[O-])c2)cc(Br)c1OCc1ccccc1. The van der Waals surface area contributed by atoms with Gasteiger partial charge in [-0.25, -0.2) is 5.43 Å². The van der Waals surface area contributed by atoms with Crippen LogP contribution in [0.15, 0.2) is 82.4 Å². The number of amides is 1. The minimum Gasteiger partial charge on any atom is -0.493 e. The molecule has 0 atom stereocenters. The number of nitrogens with one attached hydrogen (secondary N) is 1. The highest BCUT2D eigenvalue weighted by Gasteiger charge is 2.11. The summed E-state index contributed by atoms with van der Waals surface area (Å²) in [5.41, 5.74) is 4.56. The van der Waals surface area contributed by atoms with Crippen molar-refractivity contribution >= 4 is 39.8 Å².